The number of benzene rings is 2. The Morgan fingerprint density at radius 3 is 2.85 bits per heavy atom. The third kappa shape index (κ3) is 3.46. The van der Waals surface area contributed by atoms with Gasteiger partial charge < -0.3 is 14.8 Å². The summed E-state index contributed by atoms with van der Waals surface area (Å²) in [5, 5.41) is 8.70. The molecule has 136 valence electrons. The molecule has 27 heavy (non-hydrogen) atoms. The molecule has 6 heteroatoms. The van der Waals surface area contributed by atoms with Gasteiger partial charge in [-0.15, -0.1) is 0 Å². The van der Waals surface area contributed by atoms with Crippen LogP contribution in [-0.2, 0) is 6.42 Å². The minimum absolute atomic E-state index is 0.189. The second kappa shape index (κ2) is 7.29. The minimum atomic E-state index is -0.189. The number of aromatic nitrogens is 2. The number of rotatable bonds is 5. The number of amides is 1. The van der Waals surface area contributed by atoms with Gasteiger partial charge in [0.25, 0.3) is 5.91 Å². The van der Waals surface area contributed by atoms with E-state index in [-0.39, 0.29) is 5.91 Å². The number of H-pyrrole nitrogens is 1. The largest absolute Gasteiger partial charge is 0.361 e. The van der Waals surface area contributed by atoms with Crippen molar-refractivity contribution in [1.29, 1.82) is 0 Å². The molecule has 2 aromatic carbocycles. The Morgan fingerprint density at radius 2 is 2.04 bits per heavy atom. The molecule has 0 unspecified atom stereocenters. The van der Waals surface area contributed by atoms with E-state index in [0.717, 1.165) is 22.0 Å². The van der Waals surface area contributed by atoms with Gasteiger partial charge in [0.05, 0.1) is 5.69 Å². The first kappa shape index (κ1) is 17.4. The van der Waals surface area contributed by atoms with Crippen molar-refractivity contribution in [1.82, 2.24) is 15.5 Å². The van der Waals surface area contributed by atoms with Crippen LogP contribution in [0.5, 0.6) is 0 Å². The number of hydrogen-bond donors (Lipinski definition) is 2. The van der Waals surface area contributed by atoms with Crippen LogP contribution in [0.2, 0.25) is 5.02 Å². The number of aryl methyl sites for hydroxylation is 1. The molecule has 4 rings (SSSR count). The van der Waals surface area contributed by atoms with Crippen LogP contribution in [-0.4, -0.2) is 22.6 Å². The van der Waals surface area contributed by atoms with Crippen molar-refractivity contribution in [3.63, 3.8) is 0 Å². The van der Waals surface area contributed by atoms with Crippen LogP contribution in [0.15, 0.2) is 59.3 Å². The maximum Gasteiger partial charge on any atom is 0.257 e. The molecule has 0 fully saturated rings. The van der Waals surface area contributed by atoms with Crippen molar-refractivity contribution in [3.8, 4) is 11.3 Å². The highest BCUT2D eigenvalue weighted by Crippen LogP contribution is 2.26. The topological polar surface area (TPSA) is 70.9 Å². The van der Waals surface area contributed by atoms with Crippen molar-refractivity contribution in [2.75, 3.05) is 6.54 Å². The van der Waals surface area contributed by atoms with E-state index in [9.17, 15) is 4.79 Å². The predicted molar refractivity (Wildman–Crippen MR) is 106 cm³/mol. The second-order valence-electron chi connectivity index (χ2n) is 6.35. The maximum absolute atomic E-state index is 12.7. The lowest BCUT2D eigenvalue weighted by Crippen LogP contribution is -2.26. The molecule has 2 aromatic heterocycles. The molecular weight excluding hydrogens is 362 g/mol. The fourth-order valence-corrected chi connectivity index (χ4v) is 3.35. The minimum Gasteiger partial charge on any atom is -0.361 e. The van der Waals surface area contributed by atoms with Gasteiger partial charge in [0.1, 0.15) is 5.56 Å². The maximum atomic E-state index is 12.7. The van der Waals surface area contributed by atoms with Crippen molar-refractivity contribution >= 4 is 28.4 Å². The fourth-order valence-electron chi connectivity index (χ4n) is 3.18. The summed E-state index contributed by atoms with van der Waals surface area (Å²) in [7, 11) is 0. The summed E-state index contributed by atoms with van der Waals surface area (Å²) in [4.78, 5) is 16.0. The lowest BCUT2D eigenvalue weighted by atomic mass is 10.1. The van der Waals surface area contributed by atoms with E-state index in [2.05, 4.69) is 15.5 Å². The Morgan fingerprint density at radius 1 is 1.22 bits per heavy atom. The van der Waals surface area contributed by atoms with Crippen molar-refractivity contribution in [2.24, 2.45) is 0 Å². The van der Waals surface area contributed by atoms with Crippen LogP contribution in [0, 0.1) is 6.92 Å². The normalized spacial score (nSPS) is 11.0. The highest BCUT2D eigenvalue weighted by atomic mass is 35.5. The molecule has 0 bridgehead atoms. The summed E-state index contributed by atoms with van der Waals surface area (Å²) in [5.41, 5.74) is 4.02. The van der Waals surface area contributed by atoms with E-state index in [1.165, 1.54) is 0 Å². The van der Waals surface area contributed by atoms with Crippen LogP contribution in [0.1, 0.15) is 21.6 Å². The molecule has 2 heterocycles. The first-order valence-corrected chi connectivity index (χ1v) is 9.06. The number of hydrogen-bond acceptors (Lipinski definition) is 3. The second-order valence-corrected chi connectivity index (χ2v) is 6.78. The van der Waals surface area contributed by atoms with E-state index in [0.29, 0.717) is 35.0 Å². The molecule has 0 spiro atoms. The smallest absolute Gasteiger partial charge is 0.257 e. The van der Waals surface area contributed by atoms with Gasteiger partial charge in [-0.1, -0.05) is 47.1 Å². The number of fused-ring (bicyclic) bond motifs is 1. The number of carbonyl (C=O) groups excluding carboxylic acids is 1. The van der Waals surface area contributed by atoms with Crippen LogP contribution >= 0.6 is 11.6 Å². The molecule has 1 amide bonds. The van der Waals surface area contributed by atoms with Crippen LogP contribution in [0.3, 0.4) is 0 Å². The van der Waals surface area contributed by atoms with E-state index >= 15 is 0 Å². The molecule has 4 aromatic rings. The van der Waals surface area contributed by atoms with Gasteiger partial charge in [0.15, 0.2) is 5.76 Å². The molecule has 0 radical (unpaired) electrons. The third-order valence-corrected chi connectivity index (χ3v) is 4.77. The first-order chi connectivity index (χ1) is 13.1. The fraction of sp³-hybridized carbons (Fsp3) is 0.143. The zero-order chi connectivity index (χ0) is 18.8. The predicted octanol–water partition coefficient (Wildman–Crippen LogP) is 4.76. The Bertz CT molecular complexity index is 1100. The zero-order valence-electron chi connectivity index (χ0n) is 14.8. The van der Waals surface area contributed by atoms with Crippen LogP contribution < -0.4 is 5.32 Å². The van der Waals surface area contributed by atoms with Gasteiger partial charge in [0.2, 0.25) is 0 Å². The molecule has 0 saturated carbocycles. The third-order valence-electron chi connectivity index (χ3n) is 4.54. The van der Waals surface area contributed by atoms with Gasteiger partial charge >= 0.3 is 0 Å². The van der Waals surface area contributed by atoms with Crippen LogP contribution in [0.4, 0.5) is 0 Å². The summed E-state index contributed by atoms with van der Waals surface area (Å²) in [6, 6.07) is 15.2. The molecule has 5 nitrogen and oxygen atoms in total. The lowest BCUT2D eigenvalue weighted by molar-refractivity contribution is 0.0954. The van der Waals surface area contributed by atoms with Gasteiger partial charge in [-0.05, 0) is 37.1 Å². The Balaban J connectivity index is 1.49. The van der Waals surface area contributed by atoms with E-state index in [4.69, 9.17) is 16.1 Å². The summed E-state index contributed by atoms with van der Waals surface area (Å²) in [6.07, 6.45) is 2.64. The molecular formula is C21H18ClN3O2. The molecule has 0 aliphatic rings. The monoisotopic (exact) mass is 379 g/mol. The van der Waals surface area contributed by atoms with Crippen molar-refractivity contribution < 1.29 is 9.32 Å². The molecule has 0 aliphatic heterocycles. The molecule has 0 atom stereocenters. The summed E-state index contributed by atoms with van der Waals surface area (Å²) in [6.45, 7) is 2.27. The first-order valence-electron chi connectivity index (χ1n) is 8.69. The van der Waals surface area contributed by atoms with E-state index in [1.807, 2.05) is 54.7 Å². The molecule has 0 aliphatic carbocycles. The SMILES string of the molecule is Cc1noc(-c2ccccc2)c1C(=O)NCCc1c[nH]c2ccc(Cl)cc12. The van der Waals surface area contributed by atoms with Crippen LogP contribution in [0.25, 0.3) is 22.2 Å². The quantitative estimate of drug-likeness (QED) is 0.525. The van der Waals surface area contributed by atoms with Crippen molar-refractivity contribution in [2.45, 2.75) is 13.3 Å². The zero-order valence-corrected chi connectivity index (χ0v) is 15.5. The number of aromatic amines is 1. The Hall–Kier alpha value is -3.05. The van der Waals surface area contributed by atoms with Crippen molar-refractivity contribution in [3.05, 3.63) is 76.6 Å². The Labute approximate surface area is 161 Å². The number of carbonyl (C=O) groups is 1. The number of halogens is 1. The standard InChI is InChI=1S/C21H18ClN3O2/c1-13-19(20(27-25-13)14-5-3-2-4-6-14)21(26)23-10-9-15-12-24-18-8-7-16(22)11-17(15)18/h2-8,11-12,24H,9-10H2,1H3,(H,23,26). The summed E-state index contributed by atoms with van der Waals surface area (Å²) < 4.78 is 5.40. The van der Waals surface area contributed by atoms with Gasteiger partial charge in [-0.25, -0.2) is 0 Å². The van der Waals surface area contributed by atoms with Gasteiger partial charge in [-0.2, -0.15) is 0 Å². The number of nitrogens with one attached hydrogen (secondary N) is 2. The molecule has 2 N–H and O–H groups in total. The van der Waals surface area contributed by atoms with Gasteiger partial charge in [-0.3, -0.25) is 4.79 Å². The average Bonchev–Trinajstić information content (AvgIpc) is 3.26. The Kier molecular flexibility index (Phi) is 4.69. The highest BCUT2D eigenvalue weighted by molar-refractivity contribution is 6.31. The molecule has 0 saturated heterocycles. The van der Waals surface area contributed by atoms with Gasteiger partial charge in [0, 0.05) is 34.2 Å². The summed E-state index contributed by atoms with van der Waals surface area (Å²) in [5.74, 6) is 0.301. The lowest BCUT2D eigenvalue weighted by Gasteiger charge is -2.06. The van der Waals surface area contributed by atoms with E-state index in [1.54, 1.807) is 6.92 Å². The summed E-state index contributed by atoms with van der Waals surface area (Å²) >= 11 is 6.09. The number of nitrogens with zero attached hydrogens (tertiary/aromatic N) is 1. The average molecular weight is 380 g/mol. The van der Waals surface area contributed by atoms with E-state index < -0.39 is 0 Å². The highest BCUT2D eigenvalue weighted by Gasteiger charge is 2.21.